The quantitative estimate of drug-likeness (QED) is 0.577. The van der Waals surface area contributed by atoms with Gasteiger partial charge in [-0.2, -0.15) is 0 Å². The lowest BCUT2D eigenvalue weighted by molar-refractivity contribution is 0.204. The van der Waals surface area contributed by atoms with Gasteiger partial charge in [-0.05, 0) is 38.8 Å². The Morgan fingerprint density at radius 2 is 1.60 bits per heavy atom. The molecule has 1 aliphatic heterocycles. The summed E-state index contributed by atoms with van der Waals surface area (Å²) in [5, 5.41) is 0. The molecule has 2 rings (SSSR count). The van der Waals surface area contributed by atoms with Gasteiger partial charge in [0.15, 0.2) is 0 Å². The molecule has 2 heteroatoms. The summed E-state index contributed by atoms with van der Waals surface area (Å²) in [4.78, 5) is 2.60. The van der Waals surface area contributed by atoms with E-state index < -0.39 is 0 Å². The molecule has 0 bridgehead atoms. The van der Waals surface area contributed by atoms with Crippen LogP contribution in [0.1, 0.15) is 25.7 Å². The molecule has 1 saturated heterocycles. The van der Waals surface area contributed by atoms with Gasteiger partial charge in [0.1, 0.15) is 0 Å². The van der Waals surface area contributed by atoms with Gasteiger partial charge < -0.3 is 10.6 Å². The molecule has 0 radical (unpaired) electrons. The molecule has 0 spiro atoms. The molecule has 2 aliphatic rings. The summed E-state index contributed by atoms with van der Waals surface area (Å²) in [6, 6.07) is 1.45. The Bertz CT molecular complexity index is 112. The zero-order valence-corrected chi connectivity index (χ0v) is 6.42. The van der Waals surface area contributed by atoms with Crippen molar-refractivity contribution >= 4 is 0 Å². The molecule has 0 aromatic carbocycles. The van der Waals surface area contributed by atoms with Crippen molar-refractivity contribution in [3.8, 4) is 0 Å². The minimum atomic E-state index is 0.495. The summed E-state index contributed by atoms with van der Waals surface area (Å²) in [6.45, 7) is 2.51. The fourth-order valence-electron chi connectivity index (χ4n) is 1.72. The van der Waals surface area contributed by atoms with Gasteiger partial charge in [-0.1, -0.05) is 0 Å². The Balaban J connectivity index is 1.79. The predicted octanol–water partition coefficient (Wildman–Crippen LogP) is 0.572. The van der Waals surface area contributed by atoms with Gasteiger partial charge in [0.05, 0.1) is 0 Å². The normalized spacial score (nSPS) is 30.9. The second-order valence-electron chi connectivity index (χ2n) is 3.60. The average Bonchev–Trinajstić information content (AvgIpc) is 2.71. The molecule has 2 N–H and O–H groups in total. The first-order valence-corrected chi connectivity index (χ1v) is 4.36. The minimum Gasteiger partial charge on any atom is -0.328 e. The number of hydrogen-bond acceptors (Lipinski definition) is 2. The maximum Gasteiger partial charge on any atom is 0.00964 e. The second kappa shape index (κ2) is 2.51. The molecule has 1 heterocycles. The van der Waals surface area contributed by atoms with Crippen LogP contribution in [0.3, 0.4) is 0 Å². The van der Waals surface area contributed by atoms with Crippen molar-refractivity contribution in [2.24, 2.45) is 5.73 Å². The Morgan fingerprint density at radius 1 is 1.00 bits per heavy atom. The third-order valence-corrected chi connectivity index (χ3v) is 2.64. The van der Waals surface area contributed by atoms with E-state index >= 15 is 0 Å². The van der Waals surface area contributed by atoms with Crippen molar-refractivity contribution in [1.29, 1.82) is 0 Å². The largest absolute Gasteiger partial charge is 0.328 e. The zero-order chi connectivity index (χ0) is 6.97. The Kier molecular flexibility index (Phi) is 1.66. The van der Waals surface area contributed by atoms with E-state index in [9.17, 15) is 0 Å². The molecule has 0 aromatic heterocycles. The lowest BCUT2D eigenvalue weighted by Gasteiger charge is -2.29. The molecule has 58 valence electrons. The van der Waals surface area contributed by atoms with Gasteiger partial charge >= 0.3 is 0 Å². The molecule has 10 heavy (non-hydrogen) atoms. The molecule has 0 unspecified atom stereocenters. The molecular formula is C8H16N2. The third kappa shape index (κ3) is 1.32. The Hall–Kier alpha value is -0.0800. The zero-order valence-electron chi connectivity index (χ0n) is 6.42. The van der Waals surface area contributed by atoms with Crippen molar-refractivity contribution in [2.45, 2.75) is 37.8 Å². The van der Waals surface area contributed by atoms with Gasteiger partial charge in [0.25, 0.3) is 0 Å². The van der Waals surface area contributed by atoms with E-state index in [-0.39, 0.29) is 0 Å². The Labute approximate surface area is 62.4 Å². The van der Waals surface area contributed by atoms with Crippen LogP contribution in [0.25, 0.3) is 0 Å². The van der Waals surface area contributed by atoms with Crippen molar-refractivity contribution in [3.63, 3.8) is 0 Å². The molecule has 1 aliphatic carbocycles. The topological polar surface area (TPSA) is 29.3 Å². The summed E-state index contributed by atoms with van der Waals surface area (Å²) in [6.07, 6.45) is 5.32. The van der Waals surface area contributed by atoms with E-state index in [1.165, 1.54) is 38.8 Å². The van der Waals surface area contributed by atoms with Crippen LogP contribution in [0.4, 0.5) is 0 Å². The standard InChI is InChI=1S/C8H16N2/c9-7-3-5-10(6-4-7)8-1-2-8/h7-8H,1-6,9H2. The second-order valence-corrected chi connectivity index (χ2v) is 3.60. The van der Waals surface area contributed by atoms with E-state index in [1.54, 1.807) is 0 Å². The van der Waals surface area contributed by atoms with E-state index in [4.69, 9.17) is 5.73 Å². The summed E-state index contributed by atoms with van der Waals surface area (Å²) >= 11 is 0. The highest BCUT2D eigenvalue weighted by atomic mass is 15.2. The number of hydrogen-bond donors (Lipinski definition) is 1. The van der Waals surface area contributed by atoms with E-state index in [1.807, 2.05) is 0 Å². The third-order valence-electron chi connectivity index (χ3n) is 2.64. The molecular weight excluding hydrogens is 124 g/mol. The van der Waals surface area contributed by atoms with Crippen LogP contribution in [-0.2, 0) is 0 Å². The lowest BCUT2D eigenvalue weighted by atomic mass is 10.1. The first kappa shape index (κ1) is 6.62. The number of likely N-dealkylation sites (tertiary alicyclic amines) is 1. The first-order valence-electron chi connectivity index (χ1n) is 4.36. The summed E-state index contributed by atoms with van der Waals surface area (Å²) < 4.78 is 0. The first-order chi connectivity index (χ1) is 4.86. The van der Waals surface area contributed by atoms with Crippen LogP contribution < -0.4 is 5.73 Å². The van der Waals surface area contributed by atoms with E-state index in [0.29, 0.717) is 6.04 Å². The fraction of sp³-hybridized carbons (Fsp3) is 1.00. The summed E-state index contributed by atoms with van der Waals surface area (Å²) in [7, 11) is 0. The van der Waals surface area contributed by atoms with Gasteiger partial charge in [-0.25, -0.2) is 0 Å². The van der Waals surface area contributed by atoms with Crippen molar-refractivity contribution in [1.82, 2.24) is 4.90 Å². The molecule has 0 atom stereocenters. The van der Waals surface area contributed by atoms with Gasteiger partial charge in [0.2, 0.25) is 0 Å². The van der Waals surface area contributed by atoms with Crippen LogP contribution in [0.5, 0.6) is 0 Å². The van der Waals surface area contributed by atoms with Crippen LogP contribution in [0.2, 0.25) is 0 Å². The lowest BCUT2D eigenvalue weighted by Crippen LogP contribution is -2.40. The average molecular weight is 140 g/mol. The van der Waals surface area contributed by atoms with Gasteiger partial charge in [-0.15, -0.1) is 0 Å². The number of nitrogens with zero attached hydrogens (tertiary/aromatic N) is 1. The van der Waals surface area contributed by atoms with Crippen LogP contribution in [0.15, 0.2) is 0 Å². The molecule has 0 aromatic rings. The maximum atomic E-state index is 5.79. The minimum absolute atomic E-state index is 0.495. The highest BCUT2D eigenvalue weighted by Crippen LogP contribution is 2.28. The van der Waals surface area contributed by atoms with Crippen LogP contribution in [0, 0.1) is 0 Å². The fourth-order valence-corrected chi connectivity index (χ4v) is 1.72. The Morgan fingerprint density at radius 3 is 2.10 bits per heavy atom. The molecule has 0 amide bonds. The monoisotopic (exact) mass is 140 g/mol. The molecule has 1 saturated carbocycles. The smallest absolute Gasteiger partial charge is 0.00964 e. The van der Waals surface area contributed by atoms with E-state index in [2.05, 4.69) is 4.90 Å². The predicted molar refractivity (Wildman–Crippen MR) is 41.8 cm³/mol. The number of rotatable bonds is 1. The number of nitrogens with two attached hydrogens (primary N) is 1. The van der Waals surface area contributed by atoms with Gasteiger partial charge in [-0.3, -0.25) is 0 Å². The summed E-state index contributed by atoms with van der Waals surface area (Å²) in [5.41, 5.74) is 5.79. The van der Waals surface area contributed by atoms with Gasteiger partial charge in [0, 0.05) is 12.1 Å². The van der Waals surface area contributed by atoms with Crippen LogP contribution >= 0.6 is 0 Å². The molecule has 2 fully saturated rings. The highest BCUT2D eigenvalue weighted by molar-refractivity contribution is 4.87. The number of piperidine rings is 1. The van der Waals surface area contributed by atoms with E-state index in [0.717, 1.165) is 6.04 Å². The SMILES string of the molecule is NC1CCN(C2CC2)CC1. The maximum absolute atomic E-state index is 5.79. The van der Waals surface area contributed by atoms with Crippen LogP contribution in [-0.4, -0.2) is 30.1 Å². The van der Waals surface area contributed by atoms with Crippen molar-refractivity contribution in [3.05, 3.63) is 0 Å². The van der Waals surface area contributed by atoms with Crippen molar-refractivity contribution < 1.29 is 0 Å². The molecule has 2 nitrogen and oxygen atoms in total. The summed E-state index contributed by atoms with van der Waals surface area (Å²) in [5.74, 6) is 0. The highest BCUT2D eigenvalue weighted by Gasteiger charge is 2.30. The van der Waals surface area contributed by atoms with Crippen molar-refractivity contribution in [2.75, 3.05) is 13.1 Å².